The molecule has 2 N–H and O–H groups in total. The summed E-state index contributed by atoms with van der Waals surface area (Å²) in [6.45, 7) is 11.0. The van der Waals surface area contributed by atoms with Crippen molar-refractivity contribution in [1.29, 1.82) is 0 Å². The van der Waals surface area contributed by atoms with Crippen LogP contribution in [0.4, 0.5) is 0 Å². The molecule has 4 heteroatoms. The molecule has 1 aromatic heterocycles. The molecule has 4 unspecified atom stereocenters. The number of rotatable bonds is 4. The second-order valence-electron chi connectivity index (χ2n) is 12.0. The number of fused-ring (bicyclic) bond motifs is 2. The smallest absolute Gasteiger partial charge is 0.0626 e. The Kier molecular flexibility index (Phi) is 11.5. The van der Waals surface area contributed by atoms with Gasteiger partial charge < -0.3 is 15.2 Å². The van der Waals surface area contributed by atoms with Gasteiger partial charge in [0.1, 0.15) is 0 Å². The minimum absolute atomic E-state index is 0. The third-order valence-corrected chi connectivity index (χ3v) is 9.08. The van der Waals surface area contributed by atoms with Gasteiger partial charge in [-0.25, -0.2) is 0 Å². The van der Waals surface area contributed by atoms with E-state index < -0.39 is 0 Å². The molecular formula is C34H46IrNO2-. The molecule has 209 valence electrons. The maximum absolute atomic E-state index is 10.7. The van der Waals surface area contributed by atoms with E-state index in [1.54, 1.807) is 0 Å². The van der Waals surface area contributed by atoms with Crippen molar-refractivity contribution in [3.05, 3.63) is 66.4 Å². The Bertz CT molecular complexity index is 1130. The van der Waals surface area contributed by atoms with Gasteiger partial charge in [-0.05, 0) is 83.4 Å². The van der Waals surface area contributed by atoms with Gasteiger partial charge in [-0.3, -0.25) is 0 Å². The van der Waals surface area contributed by atoms with Crippen molar-refractivity contribution in [2.24, 2.45) is 29.6 Å². The van der Waals surface area contributed by atoms with Crippen molar-refractivity contribution < 1.29 is 30.3 Å². The molecule has 0 bridgehead atoms. The molecule has 1 radical (unpaired) electrons. The van der Waals surface area contributed by atoms with Crippen molar-refractivity contribution in [2.45, 2.75) is 91.3 Å². The molecule has 0 spiro atoms. The summed E-state index contributed by atoms with van der Waals surface area (Å²) < 4.78 is 0. The van der Waals surface area contributed by atoms with E-state index in [2.05, 4.69) is 76.0 Å². The average molecular weight is 693 g/mol. The minimum atomic E-state index is -0.290. The summed E-state index contributed by atoms with van der Waals surface area (Å²) in [5.74, 6) is 2.53. The van der Waals surface area contributed by atoms with Gasteiger partial charge in [0.2, 0.25) is 0 Å². The topological polar surface area (TPSA) is 53.4 Å². The Morgan fingerprint density at radius 3 is 2.39 bits per heavy atom. The third-order valence-electron chi connectivity index (χ3n) is 9.08. The predicted molar refractivity (Wildman–Crippen MR) is 154 cm³/mol. The number of hydrogen-bond donors (Lipinski definition) is 2. The number of benzene rings is 2. The summed E-state index contributed by atoms with van der Waals surface area (Å²) >= 11 is 0. The van der Waals surface area contributed by atoms with Gasteiger partial charge in [0, 0.05) is 32.2 Å². The van der Waals surface area contributed by atoms with Gasteiger partial charge in [-0.1, -0.05) is 65.7 Å². The van der Waals surface area contributed by atoms with E-state index in [1.165, 1.54) is 35.6 Å². The zero-order valence-electron chi connectivity index (χ0n) is 23.7. The predicted octanol–water partition coefficient (Wildman–Crippen LogP) is 8.04. The average Bonchev–Trinajstić information content (AvgIpc) is 3.08. The summed E-state index contributed by atoms with van der Waals surface area (Å²) in [7, 11) is 0. The second kappa shape index (κ2) is 14.2. The maximum Gasteiger partial charge on any atom is 0.0626 e. The van der Waals surface area contributed by atoms with E-state index in [0.717, 1.165) is 30.5 Å². The van der Waals surface area contributed by atoms with E-state index in [9.17, 15) is 10.2 Å². The van der Waals surface area contributed by atoms with Crippen molar-refractivity contribution in [1.82, 2.24) is 4.98 Å². The van der Waals surface area contributed by atoms with E-state index in [0.29, 0.717) is 29.6 Å². The standard InChI is InChI=1S/C18H16N.C16H30O2.Ir/c1-13(2)16-9-8-14-10-11-19-18(17(14)12-16)15-6-4-3-5-7-15;1-4-11-8-9-12-6-5-7-13(10(2)3)16(18)14(12)15(11)17;/h3-6,8-13H,1-2H3;10-18H,4-9H2,1-3H3;/q-1;;/t;11-,12?,13+,14?,15?,16?;/m.0./s1. The zero-order chi connectivity index (χ0) is 26.5. The molecule has 0 saturated heterocycles. The number of aromatic nitrogens is 1. The van der Waals surface area contributed by atoms with Crippen molar-refractivity contribution in [3.63, 3.8) is 0 Å². The van der Waals surface area contributed by atoms with E-state index in [1.807, 2.05) is 24.4 Å². The van der Waals surface area contributed by atoms with Crippen LogP contribution in [-0.4, -0.2) is 27.4 Å². The fourth-order valence-electron chi connectivity index (χ4n) is 6.75. The number of aliphatic hydroxyl groups is 2. The molecule has 38 heavy (non-hydrogen) atoms. The number of aliphatic hydroxyl groups excluding tert-OH is 2. The first-order valence-electron chi connectivity index (χ1n) is 14.5. The maximum atomic E-state index is 10.7. The van der Waals surface area contributed by atoms with E-state index >= 15 is 0 Å². The van der Waals surface area contributed by atoms with Crippen LogP contribution in [-0.2, 0) is 20.1 Å². The molecular weight excluding hydrogens is 647 g/mol. The number of nitrogens with zero attached hydrogens (tertiary/aromatic N) is 1. The van der Waals surface area contributed by atoms with Crippen LogP contribution in [0.1, 0.15) is 84.6 Å². The molecule has 3 aromatic rings. The molecule has 6 atom stereocenters. The van der Waals surface area contributed by atoms with Crippen LogP contribution >= 0.6 is 0 Å². The minimum Gasteiger partial charge on any atom is -0.392 e. The molecule has 3 nitrogen and oxygen atoms in total. The fraction of sp³-hybridized carbons (Fsp3) is 0.559. The monoisotopic (exact) mass is 693 g/mol. The largest absolute Gasteiger partial charge is 0.392 e. The first kappa shape index (κ1) is 31.0. The van der Waals surface area contributed by atoms with Crippen molar-refractivity contribution >= 4 is 10.8 Å². The summed E-state index contributed by atoms with van der Waals surface area (Å²) in [5.41, 5.74) is 3.41. The third kappa shape index (κ3) is 6.94. The molecule has 2 aromatic carbocycles. The molecule has 2 saturated carbocycles. The Balaban J connectivity index is 0.000000206. The molecule has 0 aliphatic heterocycles. The summed E-state index contributed by atoms with van der Waals surface area (Å²) in [6.07, 6.45) is 8.28. The molecule has 5 rings (SSSR count). The first-order chi connectivity index (χ1) is 17.8. The molecule has 2 fully saturated rings. The number of hydrogen-bond acceptors (Lipinski definition) is 3. The van der Waals surface area contributed by atoms with Crippen molar-refractivity contribution in [3.8, 4) is 11.3 Å². The summed E-state index contributed by atoms with van der Waals surface area (Å²) in [4.78, 5) is 4.55. The van der Waals surface area contributed by atoms with Gasteiger partial charge in [-0.15, -0.1) is 35.9 Å². The van der Waals surface area contributed by atoms with Crippen LogP contribution in [0, 0.1) is 35.7 Å². The van der Waals surface area contributed by atoms with Gasteiger partial charge in [0.05, 0.1) is 12.2 Å². The van der Waals surface area contributed by atoms with Gasteiger partial charge in [0.25, 0.3) is 0 Å². The Hall–Kier alpha value is -1.58. The normalized spacial score (nSPS) is 27.2. The summed E-state index contributed by atoms with van der Waals surface area (Å²) in [6, 6.07) is 20.0. The van der Waals surface area contributed by atoms with Crippen LogP contribution in [0.25, 0.3) is 22.0 Å². The first-order valence-corrected chi connectivity index (χ1v) is 14.5. The van der Waals surface area contributed by atoms with Crippen LogP contribution in [0.5, 0.6) is 0 Å². The van der Waals surface area contributed by atoms with Crippen LogP contribution in [0.3, 0.4) is 0 Å². The molecule has 1 heterocycles. The molecule has 2 aliphatic carbocycles. The van der Waals surface area contributed by atoms with Crippen LogP contribution in [0.2, 0.25) is 0 Å². The van der Waals surface area contributed by atoms with E-state index in [4.69, 9.17) is 0 Å². The Morgan fingerprint density at radius 2 is 1.74 bits per heavy atom. The quantitative estimate of drug-likeness (QED) is 0.272. The molecule has 0 amide bonds. The Labute approximate surface area is 243 Å². The van der Waals surface area contributed by atoms with Crippen LogP contribution in [0.15, 0.2) is 54.7 Å². The SMILES string of the molecule is CC(C)c1ccc2ccnc(-c3[c-]cccc3)c2c1.CC[C@H]1CCC2CCC[C@H](C(C)C)C(O)C2C1O.[Ir]. The Morgan fingerprint density at radius 1 is 0.947 bits per heavy atom. The van der Waals surface area contributed by atoms with Gasteiger partial charge in [-0.2, -0.15) is 0 Å². The van der Waals surface area contributed by atoms with Gasteiger partial charge >= 0.3 is 0 Å². The summed E-state index contributed by atoms with van der Waals surface area (Å²) in [5, 5.41) is 23.8. The van der Waals surface area contributed by atoms with E-state index in [-0.39, 0.29) is 38.2 Å². The fourth-order valence-corrected chi connectivity index (χ4v) is 6.75. The molecule has 2 aliphatic rings. The zero-order valence-corrected chi connectivity index (χ0v) is 26.1. The van der Waals surface area contributed by atoms with Crippen LogP contribution < -0.4 is 0 Å². The van der Waals surface area contributed by atoms with Crippen molar-refractivity contribution in [2.75, 3.05) is 0 Å². The number of pyridine rings is 1. The van der Waals surface area contributed by atoms with Gasteiger partial charge in [0.15, 0.2) is 0 Å². The second-order valence-corrected chi connectivity index (χ2v) is 12.0.